The van der Waals surface area contributed by atoms with Crippen molar-refractivity contribution >= 4 is 18.0 Å². The van der Waals surface area contributed by atoms with E-state index in [-0.39, 0.29) is 13.2 Å². The van der Waals surface area contributed by atoms with Crippen molar-refractivity contribution in [3.05, 3.63) is 35.9 Å². The third kappa shape index (κ3) is 7.42. The van der Waals surface area contributed by atoms with Gasteiger partial charge in [0.25, 0.3) is 0 Å². The lowest BCUT2D eigenvalue weighted by Gasteiger charge is -2.40. The van der Waals surface area contributed by atoms with E-state index in [1.165, 1.54) is 13.8 Å². The van der Waals surface area contributed by atoms with Gasteiger partial charge in [0.05, 0.1) is 18.8 Å². The molecule has 1 heterocycles. The summed E-state index contributed by atoms with van der Waals surface area (Å²) in [4.78, 5) is 37.2. The van der Waals surface area contributed by atoms with Crippen molar-refractivity contribution in [2.75, 3.05) is 6.61 Å². The molecule has 0 aromatic heterocycles. The number of imide groups is 1. The second-order valence-electron chi connectivity index (χ2n) is 8.24. The number of hydrogen-bond acceptors (Lipinski definition) is 7. The Morgan fingerprint density at radius 3 is 2.33 bits per heavy atom. The summed E-state index contributed by atoms with van der Waals surface area (Å²) in [5, 5.41) is 0. The molecule has 1 aromatic carbocycles. The van der Waals surface area contributed by atoms with Crippen LogP contribution >= 0.6 is 0 Å². The van der Waals surface area contributed by atoms with Crippen molar-refractivity contribution in [1.29, 1.82) is 0 Å². The zero-order valence-corrected chi connectivity index (χ0v) is 18.3. The second-order valence-corrected chi connectivity index (χ2v) is 8.24. The summed E-state index contributed by atoms with van der Waals surface area (Å²) < 4.78 is 22.4. The molecule has 0 saturated carbocycles. The molecular weight excluding hydrogens is 390 g/mol. The third-order valence-corrected chi connectivity index (χ3v) is 4.42. The monoisotopic (exact) mass is 421 g/mol. The highest BCUT2D eigenvalue weighted by Gasteiger charge is 2.41. The van der Waals surface area contributed by atoms with Gasteiger partial charge in [-0.1, -0.05) is 30.3 Å². The summed E-state index contributed by atoms with van der Waals surface area (Å²) in [5.41, 5.74) is 0.173. The van der Waals surface area contributed by atoms with Crippen LogP contribution in [0.1, 0.15) is 53.0 Å². The average Bonchev–Trinajstić information content (AvgIpc) is 2.65. The molecule has 0 N–H and O–H groups in total. The van der Waals surface area contributed by atoms with Crippen molar-refractivity contribution in [3.63, 3.8) is 0 Å². The SMILES string of the molecule is CC(=O)OC[C@H]1CC[C@@H](N(C(C)=O)C(=O)OC(C)(C)C)[C@H](OCc2ccccc2)O1. The quantitative estimate of drug-likeness (QED) is 0.650. The van der Waals surface area contributed by atoms with Crippen LogP contribution in [-0.4, -0.2) is 53.5 Å². The largest absolute Gasteiger partial charge is 0.463 e. The van der Waals surface area contributed by atoms with Gasteiger partial charge < -0.3 is 18.9 Å². The molecular formula is C22H31NO7. The first-order valence-corrected chi connectivity index (χ1v) is 10.0. The van der Waals surface area contributed by atoms with Crippen molar-refractivity contribution in [2.24, 2.45) is 0 Å². The van der Waals surface area contributed by atoms with Crippen molar-refractivity contribution in [3.8, 4) is 0 Å². The number of rotatable bonds is 6. The van der Waals surface area contributed by atoms with E-state index in [0.717, 1.165) is 10.5 Å². The molecule has 0 aliphatic carbocycles. The van der Waals surface area contributed by atoms with E-state index >= 15 is 0 Å². The predicted octanol–water partition coefficient (Wildman–Crippen LogP) is 3.42. The lowest BCUT2D eigenvalue weighted by Crippen LogP contribution is -2.55. The smallest absolute Gasteiger partial charge is 0.417 e. The topological polar surface area (TPSA) is 91.4 Å². The van der Waals surface area contributed by atoms with Crippen LogP contribution in [0.2, 0.25) is 0 Å². The van der Waals surface area contributed by atoms with E-state index in [0.29, 0.717) is 12.8 Å². The Bertz CT molecular complexity index is 729. The Morgan fingerprint density at radius 1 is 1.10 bits per heavy atom. The fraction of sp³-hybridized carbons (Fsp3) is 0.591. The molecule has 2 amide bonds. The number of carbonyl (C=O) groups is 3. The van der Waals surface area contributed by atoms with Crippen LogP contribution in [0.15, 0.2) is 30.3 Å². The van der Waals surface area contributed by atoms with Gasteiger partial charge in [-0.15, -0.1) is 0 Å². The number of carbonyl (C=O) groups excluding carboxylic acids is 3. The first-order chi connectivity index (χ1) is 14.1. The minimum Gasteiger partial charge on any atom is -0.463 e. The standard InChI is InChI=1S/C22H31NO7/c1-15(24)23(21(26)30-22(3,4)5)19-12-11-18(14-27-16(2)25)29-20(19)28-13-17-9-7-6-8-10-17/h6-10,18-20H,11-14H2,1-5H3/t18-,19-,20-/m1/s1. The molecule has 166 valence electrons. The highest BCUT2D eigenvalue weighted by atomic mass is 16.7. The van der Waals surface area contributed by atoms with Crippen LogP contribution in [0.5, 0.6) is 0 Å². The Kier molecular flexibility index (Phi) is 8.37. The van der Waals surface area contributed by atoms with Crippen molar-refractivity contribution in [2.45, 2.75) is 78.1 Å². The molecule has 0 spiro atoms. The number of benzene rings is 1. The van der Waals surface area contributed by atoms with E-state index in [1.54, 1.807) is 20.8 Å². The molecule has 0 radical (unpaired) electrons. The molecule has 1 aliphatic heterocycles. The Hall–Kier alpha value is -2.45. The highest BCUT2D eigenvalue weighted by Crippen LogP contribution is 2.28. The normalized spacial score (nSPS) is 21.6. The number of amides is 2. The third-order valence-electron chi connectivity index (χ3n) is 4.42. The van der Waals surface area contributed by atoms with Crippen LogP contribution in [0.4, 0.5) is 4.79 Å². The number of nitrogens with zero attached hydrogens (tertiary/aromatic N) is 1. The van der Waals surface area contributed by atoms with Gasteiger partial charge in [0.1, 0.15) is 12.2 Å². The van der Waals surface area contributed by atoms with Gasteiger partial charge in [-0.2, -0.15) is 0 Å². The van der Waals surface area contributed by atoms with E-state index in [2.05, 4.69) is 0 Å². The van der Waals surface area contributed by atoms with E-state index in [4.69, 9.17) is 18.9 Å². The summed E-state index contributed by atoms with van der Waals surface area (Å²) in [7, 11) is 0. The van der Waals surface area contributed by atoms with E-state index in [1.807, 2.05) is 30.3 Å². The summed E-state index contributed by atoms with van der Waals surface area (Å²) in [6.45, 7) is 8.16. The minimum absolute atomic E-state index is 0.0831. The van der Waals surface area contributed by atoms with Gasteiger partial charge in [0.2, 0.25) is 5.91 Å². The summed E-state index contributed by atoms with van der Waals surface area (Å²) in [5.74, 6) is -0.855. The maximum atomic E-state index is 12.7. The lowest BCUT2D eigenvalue weighted by molar-refractivity contribution is -0.235. The van der Waals surface area contributed by atoms with Gasteiger partial charge in [-0.25, -0.2) is 9.69 Å². The van der Waals surface area contributed by atoms with E-state index in [9.17, 15) is 14.4 Å². The van der Waals surface area contributed by atoms with Gasteiger partial charge >= 0.3 is 12.1 Å². The fourth-order valence-electron chi connectivity index (χ4n) is 3.14. The van der Waals surface area contributed by atoms with Gasteiger partial charge in [0, 0.05) is 13.8 Å². The lowest BCUT2D eigenvalue weighted by atomic mass is 10.0. The van der Waals surface area contributed by atoms with Crippen molar-refractivity contribution < 1.29 is 33.3 Å². The van der Waals surface area contributed by atoms with Crippen LogP contribution in [0, 0.1) is 0 Å². The molecule has 1 aliphatic rings. The predicted molar refractivity (Wildman–Crippen MR) is 108 cm³/mol. The van der Waals surface area contributed by atoms with Crippen LogP contribution in [-0.2, 0) is 35.1 Å². The van der Waals surface area contributed by atoms with Crippen LogP contribution < -0.4 is 0 Å². The van der Waals surface area contributed by atoms with Gasteiger partial charge in [-0.05, 0) is 39.2 Å². The summed E-state index contributed by atoms with van der Waals surface area (Å²) in [6.07, 6.45) is -1.08. The average molecular weight is 421 g/mol. The Labute approximate surface area is 177 Å². The molecule has 1 fully saturated rings. The Balaban J connectivity index is 2.18. The first kappa shape index (κ1) is 23.8. The molecule has 1 saturated heterocycles. The molecule has 3 atom stereocenters. The molecule has 8 nitrogen and oxygen atoms in total. The maximum Gasteiger partial charge on any atom is 0.417 e. The van der Waals surface area contributed by atoms with Crippen molar-refractivity contribution in [1.82, 2.24) is 4.90 Å². The van der Waals surface area contributed by atoms with Crippen LogP contribution in [0.3, 0.4) is 0 Å². The zero-order chi connectivity index (χ0) is 22.3. The fourth-order valence-corrected chi connectivity index (χ4v) is 3.14. The zero-order valence-electron chi connectivity index (χ0n) is 18.3. The number of ether oxygens (including phenoxy) is 4. The minimum atomic E-state index is -0.879. The van der Waals surface area contributed by atoms with Gasteiger partial charge in [0.15, 0.2) is 6.29 Å². The number of hydrogen-bond donors (Lipinski definition) is 0. The van der Waals surface area contributed by atoms with Crippen LogP contribution in [0.25, 0.3) is 0 Å². The molecule has 30 heavy (non-hydrogen) atoms. The van der Waals surface area contributed by atoms with Gasteiger partial charge in [-0.3, -0.25) is 9.59 Å². The summed E-state index contributed by atoms with van der Waals surface area (Å²) >= 11 is 0. The molecule has 1 aromatic rings. The molecule has 8 heteroatoms. The number of esters is 1. The maximum absolute atomic E-state index is 12.7. The molecule has 0 bridgehead atoms. The molecule has 0 unspecified atom stereocenters. The molecule has 2 rings (SSSR count). The summed E-state index contributed by atoms with van der Waals surface area (Å²) in [6, 6.07) is 8.84. The highest BCUT2D eigenvalue weighted by molar-refractivity contribution is 5.91. The Morgan fingerprint density at radius 2 is 1.77 bits per heavy atom. The second kappa shape index (κ2) is 10.5. The van der Waals surface area contributed by atoms with E-state index < -0.39 is 42.0 Å². The first-order valence-electron chi connectivity index (χ1n) is 10.0.